The third kappa shape index (κ3) is 4.44. The number of unbranched alkanes of at least 4 members (excludes halogenated alkanes) is 1. The Morgan fingerprint density at radius 2 is 2.54 bits per heavy atom. The highest BCUT2D eigenvalue weighted by Gasteiger charge is 1.94. The molecular weight excluding hydrogens is 293 g/mol. The summed E-state index contributed by atoms with van der Waals surface area (Å²) in [5.74, 6) is 0. The van der Waals surface area contributed by atoms with Gasteiger partial charge in [0.05, 0.1) is 6.07 Å². The first kappa shape index (κ1) is 10.7. The van der Waals surface area contributed by atoms with Crippen molar-refractivity contribution in [2.24, 2.45) is 0 Å². The highest BCUT2D eigenvalue weighted by Crippen LogP contribution is 2.21. The minimum Gasteiger partial charge on any atom is -0.198 e. The predicted molar refractivity (Wildman–Crippen MR) is 65.8 cm³/mol. The van der Waals surface area contributed by atoms with Gasteiger partial charge >= 0.3 is 0 Å². The summed E-state index contributed by atoms with van der Waals surface area (Å²) in [7, 11) is 0. The van der Waals surface area contributed by atoms with Gasteiger partial charge in [-0.2, -0.15) is 5.26 Å². The molecule has 0 N–H and O–H groups in total. The molecule has 1 aromatic heterocycles. The molecule has 0 aliphatic carbocycles. The highest BCUT2D eigenvalue weighted by molar-refractivity contribution is 14.1. The molecule has 0 saturated carbocycles. The van der Waals surface area contributed by atoms with Crippen molar-refractivity contribution in [3.63, 3.8) is 0 Å². The molecule has 0 unspecified atom stereocenters. The quantitative estimate of drug-likeness (QED) is 0.603. The lowest BCUT2D eigenvalue weighted by Gasteiger charge is -1.94. The van der Waals surface area contributed by atoms with Gasteiger partial charge in [0, 0.05) is 11.3 Å². The average Bonchev–Trinajstić information content (AvgIpc) is 2.57. The van der Waals surface area contributed by atoms with Crippen molar-refractivity contribution in [2.75, 3.05) is 0 Å². The van der Waals surface area contributed by atoms with Crippen LogP contribution in [0.2, 0.25) is 0 Å². The first-order valence-electron chi connectivity index (χ1n) is 4.09. The molecule has 0 atom stereocenters. The molecule has 0 saturated heterocycles. The van der Waals surface area contributed by atoms with Crippen molar-refractivity contribution < 1.29 is 0 Å². The average molecular weight is 303 g/mol. The van der Waals surface area contributed by atoms with E-state index in [1.165, 1.54) is 8.46 Å². The van der Waals surface area contributed by atoms with Crippen molar-refractivity contribution in [3.8, 4) is 6.07 Å². The molecule has 0 aliphatic heterocycles. The Labute approximate surface area is 96.2 Å². The second kappa shape index (κ2) is 6.17. The van der Waals surface area contributed by atoms with Gasteiger partial charge in [0.25, 0.3) is 0 Å². The lowest BCUT2D eigenvalue weighted by atomic mass is 10.2. The minimum atomic E-state index is 0.658. The van der Waals surface area contributed by atoms with E-state index >= 15 is 0 Å². The smallest absolute Gasteiger partial charge is 0.0621 e. The zero-order valence-corrected chi connectivity index (χ0v) is 10.1. The maximum Gasteiger partial charge on any atom is 0.0621 e. The number of hydrogen-bond acceptors (Lipinski definition) is 2. The zero-order valence-electron chi connectivity index (χ0n) is 7.16. The second-order valence-corrected chi connectivity index (χ2v) is 4.98. The maximum atomic E-state index is 8.37. The van der Waals surface area contributed by atoms with Crippen LogP contribution in [0, 0.1) is 11.3 Å². The van der Waals surface area contributed by atoms with Gasteiger partial charge in [0.2, 0.25) is 0 Å². The van der Waals surface area contributed by atoms with Gasteiger partial charge in [-0.1, -0.05) is 6.07 Å². The fourth-order valence-corrected chi connectivity index (χ4v) is 2.55. The van der Waals surface area contributed by atoms with Gasteiger partial charge in [0.1, 0.15) is 0 Å². The fourth-order valence-electron chi connectivity index (χ4n) is 0.936. The van der Waals surface area contributed by atoms with E-state index < -0.39 is 0 Å². The first-order valence-corrected chi connectivity index (χ1v) is 6.05. The van der Waals surface area contributed by atoms with Crippen molar-refractivity contribution in [2.45, 2.75) is 19.3 Å². The molecule has 1 rings (SSSR count). The molecule has 0 aliphatic rings. The van der Waals surface area contributed by atoms with Crippen LogP contribution in [0.4, 0.5) is 0 Å². The van der Waals surface area contributed by atoms with Gasteiger partial charge in [0.15, 0.2) is 0 Å². The number of hydrogen-bond donors (Lipinski definition) is 0. The Hall–Kier alpha value is -0.340. The number of nitriles is 1. The third-order valence-electron chi connectivity index (χ3n) is 1.55. The van der Waals surface area contributed by atoms with Crippen LogP contribution in [0.1, 0.15) is 24.1 Å². The van der Waals surface area contributed by atoms with E-state index in [-0.39, 0.29) is 0 Å². The normalized spacial score (nSPS) is 11.2. The van der Waals surface area contributed by atoms with Crippen molar-refractivity contribution >= 4 is 40.0 Å². The van der Waals surface area contributed by atoms with Crippen LogP contribution in [-0.4, -0.2) is 0 Å². The van der Waals surface area contributed by atoms with E-state index in [4.69, 9.17) is 5.26 Å². The van der Waals surface area contributed by atoms with Crippen LogP contribution in [0.5, 0.6) is 0 Å². The summed E-state index contributed by atoms with van der Waals surface area (Å²) in [4.78, 5) is 1.29. The highest BCUT2D eigenvalue weighted by atomic mass is 127. The van der Waals surface area contributed by atoms with Gasteiger partial charge in [-0.05, 0) is 56.5 Å². The third-order valence-corrected chi connectivity index (χ3v) is 3.22. The Morgan fingerprint density at radius 1 is 1.69 bits per heavy atom. The summed E-state index contributed by atoms with van der Waals surface area (Å²) in [6, 6.07) is 6.31. The molecule has 1 nitrogen and oxygen atoms in total. The molecule has 0 spiro atoms. The van der Waals surface area contributed by atoms with Crippen LogP contribution in [0.3, 0.4) is 0 Å². The van der Waals surface area contributed by atoms with E-state index in [2.05, 4.69) is 52.2 Å². The summed E-state index contributed by atoms with van der Waals surface area (Å²) in [6.45, 7) is 0. The Kier molecular flexibility index (Phi) is 5.09. The maximum absolute atomic E-state index is 8.37. The number of halogens is 1. The topological polar surface area (TPSA) is 23.8 Å². The van der Waals surface area contributed by atoms with Crippen LogP contribution < -0.4 is 0 Å². The molecule has 0 amide bonds. The summed E-state index contributed by atoms with van der Waals surface area (Å²) >= 11 is 4.08. The molecule has 0 bridgehead atoms. The molecule has 3 heteroatoms. The summed E-state index contributed by atoms with van der Waals surface area (Å²) in [5, 5.41) is 10.4. The summed E-state index contributed by atoms with van der Waals surface area (Å²) < 4.78 is 1.33. The Bertz CT molecular complexity index is 308. The number of allylic oxidation sites excluding steroid dienone is 1. The SMILES string of the molecule is N#CCCC/C(I)=C/c1cccs1. The lowest BCUT2D eigenvalue weighted by Crippen LogP contribution is -1.73. The van der Waals surface area contributed by atoms with Crippen LogP contribution >= 0.6 is 33.9 Å². The van der Waals surface area contributed by atoms with Crippen LogP contribution in [0.25, 0.3) is 6.08 Å². The van der Waals surface area contributed by atoms with Gasteiger partial charge in [-0.3, -0.25) is 0 Å². The number of nitrogens with zero attached hydrogens (tertiary/aromatic N) is 1. The Morgan fingerprint density at radius 3 is 3.15 bits per heavy atom. The zero-order chi connectivity index (χ0) is 9.52. The van der Waals surface area contributed by atoms with E-state index in [0.29, 0.717) is 6.42 Å². The second-order valence-electron chi connectivity index (χ2n) is 2.62. The van der Waals surface area contributed by atoms with E-state index in [0.717, 1.165) is 12.8 Å². The molecule has 0 radical (unpaired) electrons. The molecule has 13 heavy (non-hydrogen) atoms. The van der Waals surface area contributed by atoms with E-state index in [1.54, 1.807) is 11.3 Å². The van der Waals surface area contributed by atoms with Gasteiger partial charge < -0.3 is 0 Å². The molecule has 1 aromatic rings. The van der Waals surface area contributed by atoms with E-state index in [1.807, 2.05) is 0 Å². The van der Waals surface area contributed by atoms with Gasteiger partial charge in [-0.25, -0.2) is 0 Å². The van der Waals surface area contributed by atoms with Crippen molar-refractivity contribution in [1.29, 1.82) is 5.26 Å². The fraction of sp³-hybridized carbons (Fsp3) is 0.300. The van der Waals surface area contributed by atoms with Crippen LogP contribution in [-0.2, 0) is 0 Å². The van der Waals surface area contributed by atoms with Crippen molar-refractivity contribution in [3.05, 3.63) is 26.0 Å². The molecule has 68 valence electrons. The monoisotopic (exact) mass is 303 g/mol. The van der Waals surface area contributed by atoms with Crippen LogP contribution in [0.15, 0.2) is 21.1 Å². The standard InChI is InChI=1S/C10H10INS/c11-9(4-1-2-6-12)8-10-5-3-7-13-10/h3,5,7-8H,1-2,4H2/b9-8-. The summed E-state index contributed by atoms with van der Waals surface area (Å²) in [5.41, 5.74) is 0. The largest absolute Gasteiger partial charge is 0.198 e. The van der Waals surface area contributed by atoms with Crippen molar-refractivity contribution in [1.82, 2.24) is 0 Å². The Balaban J connectivity index is 2.39. The van der Waals surface area contributed by atoms with E-state index in [9.17, 15) is 0 Å². The first-order chi connectivity index (χ1) is 6.33. The minimum absolute atomic E-state index is 0.658. The number of rotatable bonds is 4. The number of thiophene rings is 1. The molecule has 1 heterocycles. The molecule has 0 fully saturated rings. The predicted octanol–water partition coefficient (Wildman–Crippen LogP) is 4.22. The lowest BCUT2D eigenvalue weighted by molar-refractivity contribution is 0.876. The molecular formula is C10H10INS. The molecule has 0 aromatic carbocycles. The summed E-state index contributed by atoms with van der Waals surface area (Å²) in [6.07, 6.45) is 4.83. The van der Waals surface area contributed by atoms with Gasteiger partial charge in [-0.15, -0.1) is 11.3 Å².